The smallest absolute Gasteiger partial charge is 0.0923 e. The van der Waals surface area contributed by atoms with Gasteiger partial charge >= 0.3 is 0 Å². The number of imidazole rings is 1. The van der Waals surface area contributed by atoms with E-state index in [0.29, 0.717) is 0 Å². The van der Waals surface area contributed by atoms with Crippen LogP contribution in [0.5, 0.6) is 0 Å². The molecule has 0 unspecified atom stereocenters. The van der Waals surface area contributed by atoms with Crippen molar-refractivity contribution < 1.29 is 0 Å². The van der Waals surface area contributed by atoms with Crippen LogP contribution in [0, 0.1) is 0 Å². The van der Waals surface area contributed by atoms with Crippen LogP contribution in [-0.2, 0) is 13.1 Å². The third kappa shape index (κ3) is 3.47. The van der Waals surface area contributed by atoms with Crippen LogP contribution in [0.15, 0.2) is 72.0 Å². The summed E-state index contributed by atoms with van der Waals surface area (Å²) in [5, 5.41) is 0. The third-order valence-electron chi connectivity index (χ3n) is 4.16. The average molecular weight is 336 g/mol. The SMILES string of the molecule is c1ccc(CN2CCN(Cc3c[nH]cn3)c3ccccc3S2)cc1. The number of H-pyrrole nitrogens is 1. The Morgan fingerprint density at radius 1 is 0.958 bits per heavy atom. The molecule has 0 amide bonds. The van der Waals surface area contributed by atoms with Gasteiger partial charge in [-0.15, -0.1) is 0 Å². The second-order valence-corrected chi connectivity index (χ2v) is 7.03. The molecule has 4 rings (SSSR count). The molecule has 3 aromatic rings. The quantitative estimate of drug-likeness (QED) is 0.732. The Balaban J connectivity index is 1.56. The first-order chi connectivity index (χ1) is 11.9. The number of nitrogens with zero attached hydrogens (tertiary/aromatic N) is 3. The van der Waals surface area contributed by atoms with Crippen LogP contribution < -0.4 is 4.90 Å². The Morgan fingerprint density at radius 2 is 1.79 bits per heavy atom. The Bertz CT molecular complexity index is 773. The number of aromatic nitrogens is 2. The molecule has 1 aliphatic heterocycles. The van der Waals surface area contributed by atoms with Crippen molar-refractivity contribution in [3.63, 3.8) is 0 Å². The van der Waals surface area contributed by atoms with Crippen molar-refractivity contribution in [3.8, 4) is 0 Å². The van der Waals surface area contributed by atoms with Crippen molar-refractivity contribution in [1.82, 2.24) is 14.3 Å². The Kier molecular flexibility index (Phi) is 4.53. The first-order valence-electron chi connectivity index (χ1n) is 8.17. The van der Waals surface area contributed by atoms with Crippen molar-refractivity contribution in [1.29, 1.82) is 0 Å². The zero-order chi connectivity index (χ0) is 16.2. The highest BCUT2D eigenvalue weighted by Gasteiger charge is 2.21. The van der Waals surface area contributed by atoms with E-state index in [1.54, 1.807) is 6.33 Å². The highest BCUT2D eigenvalue weighted by Crippen LogP contribution is 2.36. The normalized spacial score (nSPS) is 15.1. The molecule has 0 aliphatic carbocycles. The van der Waals surface area contributed by atoms with Gasteiger partial charge in [-0.05, 0) is 29.6 Å². The van der Waals surface area contributed by atoms with Crippen LogP contribution in [0.25, 0.3) is 0 Å². The minimum absolute atomic E-state index is 0.834. The van der Waals surface area contributed by atoms with Crippen molar-refractivity contribution >= 4 is 17.6 Å². The molecule has 1 aromatic heterocycles. The summed E-state index contributed by atoms with van der Waals surface area (Å²) in [7, 11) is 0. The lowest BCUT2D eigenvalue weighted by molar-refractivity contribution is 0.472. The summed E-state index contributed by atoms with van der Waals surface area (Å²) in [5.41, 5.74) is 3.72. The predicted octanol–water partition coefficient (Wildman–Crippen LogP) is 3.94. The molecule has 0 saturated heterocycles. The van der Waals surface area contributed by atoms with Crippen molar-refractivity contribution in [2.75, 3.05) is 18.0 Å². The van der Waals surface area contributed by atoms with Gasteiger partial charge in [0.1, 0.15) is 0 Å². The van der Waals surface area contributed by atoms with Crippen LogP contribution in [0.2, 0.25) is 0 Å². The monoisotopic (exact) mass is 336 g/mol. The molecule has 4 nitrogen and oxygen atoms in total. The zero-order valence-corrected chi connectivity index (χ0v) is 14.2. The molecule has 24 heavy (non-hydrogen) atoms. The molecule has 2 aromatic carbocycles. The number of nitrogens with one attached hydrogen (secondary N) is 1. The van der Waals surface area contributed by atoms with E-state index >= 15 is 0 Å². The largest absolute Gasteiger partial charge is 0.363 e. The molecular formula is C19H20N4S. The lowest BCUT2D eigenvalue weighted by atomic mass is 10.2. The number of aromatic amines is 1. The standard InChI is InChI=1S/C19H20N4S/c1-2-6-16(7-3-1)13-23-11-10-22(14-17-12-20-15-21-17)18-8-4-5-9-19(18)24-23/h1-9,12,15H,10-11,13-14H2,(H,20,21). The number of hydrogen-bond donors (Lipinski definition) is 1. The number of anilines is 1. The molecule has 0 saturated carbocycles. The Labute approximate surface area is 146 Å². The van der Waals surface area contributed by atoms with E-state index < -0.39 is 0 Å². The first-order valence-corrected chi connectivity index (χ1v) is 8.94. The van der Waals surface area contributed by atoms with E-state index in [0.717, 1.165) is 31.9 Å². The lowest BCUT2D eigenvalue weighted by Gasteiger charge is -2.23. The Hall–Kier alpha value is -2.24. The van der Waals surface area contributed by atoms with Gasteiger partial charge in [0.15, 0.2) is 0 Å². The summed E-state index contributed by atoms with van der Waals surface area (Å²) in [6.07, 6.45) is 3.72. The number of para-hydroxylation sites is 1. The molecule has 0 fully saturated rings. The fraction of sp³-hybridized carbons (Fsp3) is 0.211. The first kappa shape index (κ1) is 15.3. The summed E-state index contributed by atoms with van der Waals surface area (Å²) < 4.78 is 2.44. The molecule has 122 valence electrons. The maximum absolute atomic E-state index is 4.38. The fourth-order valence-corrected chi connectivity index (χ4v) is 4.06. The second-order valence-electron chi connectivity index (χ2n) is 5.89. The minimum Gasteiger partial charge on any atom is -0.363 e. The molecule has 2 heterocycles. The van der Waals surface area contributed by atoms with Gasteiger partial charge in [-0.1, -0.05) is 42.5 Å². The Morgan fingerprint density at radius 3 is 2.62 bits per heavy atom. The van der Waals surface area contributed by atoms with Gasteiger partial charge in [0.2, 0.25) is 0 Å². The molecular weight excluding hydrogens is 316 g/mol. The van der Waals surface area contributed by atoms with Gasteiger partial charge in [0.05, 0.1) is 24.3 Å². The van der Waals surface area contributed by atoms with Crippen molar-refractivity contribution in [2.24, 2.45) is 0 Å². The van der Waals surface area contributed by atoms with E-state index in [1.807, 2.05) is 18.1 Å². The summed E-state index contributed by atoms with van der Waals surface area (Å²) in [5.74, 6) is 0. The van der Waals surface area contributed by atoms with E-state index in [9.17, 15) is 0 Å². The maximum atomic E-state index is 4.38. The summed E-state index contributed by atoms with van der Waals surface area (Å²) in [6, 6.07) is 19.3. The highest BCUT2D eigenvalue weighted by atomic mass is 32.2. The lowest BCUT2D eigenvalue weighted by Crippen LogP contribution is -2.29. The maximum Gasteiger partial charge on any atom is 0.0923 e. The van der Waals surface area contributed by atoms with Crippen molar-refractivity contribution in [3.05, 3.63) is 78.4 Å². The summed E-state index contributed by atoms with van der Waals surface area (Å²) in [6.45, 7) is 3.79. The fourth-order valence-electron chi connectivity index (χ4n) is 2.97. The van der Waals surface area contributed by atoms with E-state index in [-0.39, 0.29) is 0 Å². The summed E-state index contributed by atoms with van der Waals surface area (Å²) >= 11 is 1.85. The van der Waals surface area contributed by atoms with E-state index in [1.165, 1.54) is 16.1 Å². The number of rotatable bonds is 4. The van der Waals surface area contributed by atoms with Gasteiger partial charge in [-0.3, -0.25) is 0 Å². The molecule has 0 radical (unpaired) electrons. The minimum atomic E-state index is 0.834. The molecule has 1 aliphatic rings. The van der Waals surface area contributed by atoms with E-state index in [2.05, 4.69) is 73.8 Å². The van der Waals surface area contributed by atoms with Gasteiger partial charge < -0.3 is 9.88 Å². The third-order valence-corrected chi connectivity index (χ3v) is 5.27. The van der Waals surface area contributed by atoms with Gasteiger partial charge in [-0.25, -0.2) is 9.29 Å². The number of hydrogen-bond acceptors (Lipinski definition) is 4. The van der Waals surface area contributed by atoms with Gasteiger partial charge in [-0.2, -0.15) is 0 Å². The topological polar surface area (TPSA) is 35.2 Å². The predicted molar refractivity (Wildman–Crippen MR) is 98.8 cm³/mol. The zero-order valence-electron chi connectivity index (χ0n) is 13.4. The van der Waals surface area contributed by atoms with Gasteiger partial charge in [0.25, 0.3) is 0 Å². The molecule has 0 atom stereocenters. The number of fused-ring (bicyclic) bond motifs is 1. The van der Waals surface area contributed by atoms with Crippen LogP contribution in [-0.4, -0.2) is 27.4 Å². The highest BCUT2D eigenvalue weighted by molar-refractivity contribution is 7.97. The van der Waals surface area contributed by atoms with Crippen LogP contribution in [0.3, 0.4) is 0 Å². The second kappa shape index (κ2) is 7.11. The van der Waals surface area contributed by atoms with Gasteiger partial charge in [0, 0.05) is 30.7 Å². The van der Waals surface area contributed by atoms with Crippen LogP contribution in [0.1, 0.15) is 11.3 Å². The number of benzene rings is 2. The molecule has 1 N–H and O–H groups in total. The van der Waals surface area contributed by atoms with Crippen LogP contribution in [0.4, 0.5) is 5.69 Å². The van der Waals surface area contributed by atoms with E-state index in [4.69, 9.17) is 0 Å². The average Bonchev–Trinajstić information content (AvgIpc) is 3.07. The summed E-state index contributed by atoms with van der Waals surface area (Å²) in [4.78, 5) is 11.2. The molecule has 5 heteroatoms. The van der Waals surface area contributed by atoms with Crippen molar-refractivity contribution in [2.45, 2.75) is 18.0 Å². The van der Waals surface area contributed by atoms with Crippen LogP contribution >= 0.6 is 11.9 Å². The molecule has 0 spiro atoms. The molecule has 0 bridgehead atoms.